The SMILES string of the molecule is Cc1cnc(CCNc2noc(-c3ccccc3)n2)s1. The van der Waals surface area contributed by atoms with E-state index in [9.17, 15) is 0 Å². The standard InChI is InChI=1S/C14H14N4OS/c1-10-9-16-12(20-10)7-8-15-14-17-13(19-18-14)11-5-3-2-4-6-11/h2-6,9H,7-8H2,1H3,(H,15,18). The third-order valence-corrected chi connectivity index (χ3v) is 3.71. The first kappa shape index (κ1) is 12.8. The van der Waals surface area contributed by atoms with Crippen LogP contribution in [0.25, 0.3) is 11.5 Å². The summed E-state index contributed by atoms with van der Waals surface area (Å²) < 4.78 is 5.22. The Labute approximate surface area is 120 Å². The topological polar surface area (TPSA) is 63.8 Å². The fourth-order valence-electron chi connectivity index (χ4n) is 1.79. The van der Waals surface area contributed by atoms with Crippen molar-refractivity contribution in [1.82, 2.24) is 15.1 Å². The van der Waals surface area contributed by atoms with Gasteiger partial charge in [-0.1, -0.05) is 18.2 Å². The molecule has 2 heterocycles. The monoisotopic (exact) mass is 286 g/mol. The highest BCUT2D eigenvalue weighted by atomic mass is 32.1. The van der Waals surface area contributed by atoms with Gasteiger partial charge in [-0.25, -0.2) is 4.98 Å². The first-order valence-corrected chi connectivity index (χ1v) is 7.17. The molecule has 1 aromatic carbocycles. The molecule has 1 N–H and O–H groups in total. The van der Waals surface area contributed by atoms with Gasteiger partial charge in [-0.2, -0.15) is 4.98 Å². The minimum absolute atomic E-state index is 0.511. The highest BCUT2D eigenvalue weighted by molar-refractivity contribution is 7.11. The van der Waals surface area contributed by atoms with E-state index in [4.69, 9.17) is 4.52 Å². The highest BCUT2D eigenvalue weighted by Gasteiger charge is 2.07. The summed E-state index contributed by atoms with van der Waals surface area (Å²) in [6, 6.07) is 9.72. The molecule has 3 rings (SSSR count). The molecular formula is C14H14N4OS. The quantitative estimate of drug-likeness (QED) is 0.780. The van der Waals surface area contributed by atoms with Gasteiger partial charge < -0.3 is 9.84 Å². The Kier molecular flexibility index (Phi) is 3.73. The molecule has 0 bridgehead atoms. The number of aromatic nitrogens is 3. The van der Waals surface area contributed by atoms with Crippen LogP contribution in [0.3, 0.4) is 0 Å². The molecule has 0 atom stereocenters. The summed E-state index contributed by atoms with van der Waals surface area (Å²) in [5.74, 6) is 1.04. The Morgan fingerprint density at radius 2 is 2.10 bits per heavy atom. The molecule has 0 amide bonds. The molecule has 0 aliphatic rings. The molecule has 20 heavy (non-hydrogen) atoms. The van der Waals surface area contributed by atoms with E-state index < -0.39 is 0 Å². The van der Waals surface area contributed by atoms with E-state index in [2.05, 4.69) is 27.4 Å². The zero-order chi connectivity index (χ0) is 13.8. The van der Waals surface area contributed by atoms with Crippen LogP contribution in [0.2, 0.25) is 0 Å². The molecule has 6 heteroatoms. The number of nitrogens with one attached hydrogen (secondary N) is 1. The van der Waals surface area contributed by atoms with Gasteiger partial charge in [-0.05, 0) is 24.2 Å². The predicted octanol–water partition coefficient (Wildman–Crippen LogP) is 3.16. The Balaban J connectivity index is 1.58. The number of nitrogens with zero attached hydrogens (tertiary/aromatic N) is 3. The van der Waals surface area contributed by atoms with Gasteiger partial charge in [-0.3, -0.25) is 0 Å². The van der Waals surface area contributed by atoms with E-state index in [1.54, 1.807) is 11.3 Å². The van der Waals surface area contributed by atoms with Crippen molar-refractivity contribution in [2.45, 2.75) is 13.3 Å². The minimum Gasteiger partial charge on any atom is -0.351 e. The van der Waals surface area contributed by atoms with Crippen molar-refractivity contribution in [3.63, 3.8) is 0 Å². The van der Waals surface area contributed by atoms with Gasteiger partial charge in [0.1, 0.15) is 0 Å². The number of anilines is 1. The molecule has 0 aliphatic carbocycles. The zero-order valence-corrected chi connectivity index (χ0v) is 11.9. The fraction of sp³-hybridized carbons (Fsp3) is 0.214. The van der Waals surface area contributed by atoms with E-state index in [0.29, 0.717) is 11.8 Å². The van der Waals surface area contributed by atoms with Gasteiger partial charge >= 0.3 is 0 Å². The molecular weight excluding hydrogens is 272 g/mol. The molecule has 0 saturated heterocycles. The van der Waals surface area contributed by atoms with Crippen LogP contribution in [0.5, 0.6) is 0 Å². The lowest BCUT2D eigenvalue weighted by atomic mass is 10.2. The van der Waals surface area contributed by atoms with Gasteiger partial charge in [0.15, 0.2) is 0 Å². The molecule has 2 aromatic heterocycles. The number of hydrogen-bond donors (Lipinski definition) is 1. The fourth-order valence-corrected chi connectivity index (χ4v) is 2.58. The Hall–Kier alpha value is -2.21. The van der Waals surface area contributed by atoms with Crippen molar-refractivity contribution in [3.05, 3.63) is 46.4 Å². The second-order valence-electron chi connectivity index (χ2n) is 4.33. The third kappa shape index (κ3) is 3.03. The lowest BCUT2D eigenvalue weighted by molar-refractivity contribution is 0.432. The van der Waals surface area contributed by atoms with Gasteiger partial charge in [0, 0.05) is 29.6 Å². The second-order valence-corrected chi connectivity index (χ2v) is 5.65. The summed E-state index contributed by atoms with van der Waals surface area (Å²) in [6.07, 6.45) is 2.75. The predicted molar refractivity (Wildman–Crippen MR) is 78.8 cm³/mol. The molecule has 0 saturated carbocycles. The Morgan fingerprint density at radius 3 is 2.85 bits per heavy atom. The van der Waals surface area contributed by atoms with Gasteiger partial charge in [-0.15, -0.1) is 11.3 Å². The van der Waals surface area contributed by atoms with Crippen molar-refractivity contribution >= 4 is 17.3 Å². The van der Waals surface area contributed by atoms with Crippen LogP contribution in [0.4, 0.5) is 5.95 Å². The summed E-state index contributed by atoms with van der Waals surface area (Å²) in [7, 11) is 0. The largest absolute Gasteiger partial charge is 0.351 e. The van der Waals surface area contributed by atoms with Crippen LogP contribution >= 0.6 is 11.3 Å². The summed E-state index contributed by atoms with van der Waals surface area (Å²) in [5, 5.41) is 8.17. The smallest absolute Gasteiger partial charge is 0.263 e. The Bertz CT molecular complexity index is 677. The third-order valence-electron chi connectivity index (χ3n) is 2.74. The summed E-state index contributed by atoms with van der Waals surface area (Å²) in [6.45, 7) is 2.79. The number of aryl methyl sites for hydroxylation is 1. The number of benzene rings is 1. The lowest BCUT2D eigenvalue weighted by Crippen LogP contribution is -2.05. The maximum Gasteiger partial charge on any atom is 0.263 e. The van der Waals surface area contributed by atoms with Crippen LogP contribution in [0, 0.1) is 6.92 Å². The molecule has 0 spiro atoms. The molecule has 3 aromatic rings. The number of hydrogen-bond acceptors (Lipinski definition) is 6. The first-order valence-electron chi connectivity index (χ1n) is 6.35. The minimum atomic E-state index is 0.511. The maximum absolute atomic E-state index is 5.22. The molecule has 102 valence electrons. The van der Waals surface area contributed by atoms with Crippen LogP contribution in [-0.4, -0.2) is 21.7 Å². The highest BCUT2D eigenvalue weighted by Crippen LogP contribution is 2.18. The number of rotatable bonds is 5. The second kappa shape index (κ2) is 5.83. The average molecular weight is 286 g/mol. The Morgan fingerprint density at radius 1 is 1.25 bits per heavy atom. The molecule has 0 fully saturated rings. The lowest BCUT2D eigenvalue weighted by Gasteiger charge is -1.97. The number of thiazole rings is 1. The van der Waals surface area contributed by atoms with E-state index in [1.807, 2.05) is 36.5 Å². The summed E-state index contributed by atoms with van der Waals surface area (Å²) in [4.78, 5) is 9.85. The van der Waals surface area contributed by atoms with E-state index in [-0.39, 0.29) is 0 Å². The van der Waals surface area contributed by atoms with E-state index in [0.717, 1.165) is 23.5 Å². The zero-order valence-electron chi connectivity index (χ0n) is 11.0. The van der Waals surface area contributed by atoms with Gasteiger partial charge in [0.05, 0.1) is 5.01 Å². The van der Waals surface area contributed by atoms with Crippen molar-refractivity contribution in [2.24, 2.45) is 0 Å². The van der Waals surface area contributed by atoms with Crippen LogP contribution in [0.15, 0.2) is 41.1 Å². The van der Waals surface area contributed by atoms with Crippen molar-refractivity contribution in [1.29, 1.82) is 0 Å². The van der Waals surface area contributed by atoms with Crippen LogP contribution in [-0.2, 0) is 6.42 Å². The maximum atomic E-state index is 5.22. The van der Waals surface area contributed by atoms with Gasteiger partial charge in [0.2, 0.25) is 0 Å². The average Bonchev–Trinajstić information content (AvgIpc) is 3.09. The first-order chi connectivity index (χ1) is 9.81. The summed E-state index contributed by atoms with van der Waals surface area (Å²) in [5.41, 5.74) is 0.920. The van der Waals surface area contributed by atoms with Gasteiger partial charge in [0.25, 0.3) is 11.8 Å². The van der Waals surface area contributed by atoms with E-state index in [1.165, 1.54) is 4.88 Å². The molecule has 0 radical (unpaired) electrons. The normalized spacial score (nSPS) is 10.7. The van der Waals surface area contributed by atoms with Crippen LogP contribution < -0.4 is 5.32 Å². The van der Waals surface area contributed by atoms with Crippen molar-refractivity contribution in [2.75, 3.05) is 11.9 Å². The summed E-state index contributed by atoms with van der Waals surface area (Å²) >= 11 is 1.71. The molecule has 5 nitrogen and oxygen atoms in total. The van der Waals surface area contributed by atoms with E-state index >= 15 is 0 Å². The van der Waals surface area contributed by atoms with Crippen molar-refractivity contribution < 1.29 is 4.52 Å². The molecule has 0 aliphatic heterocycles. The molecule has 0 unspecified atom stereocenters. The van der Waals surface area contributed by atoms with Crippen molar-refractivity contribution in [3.8, 4) is 11.5 Å². The van der Waals surface area contributed by atoms with Crippen LogP contribution in [0.1, 0.15) is 9.88 Å².